The molecule has 2 rings (SSSR count). The van der Waals surface area contributed by atoms with Gasteiger partial charge in [0.25, 0.3) is 0 Å². The van der Waals surface area contributed by atoms with E-state index in [0.29, 0.717) is 5.92 Å². The maximum atomic E-state index is 6.23. The summed E-state index contributed by atoms with van der Waals surface area (Å²) in [6.45, 7) is 8.57. The predicted molar refractivity (Wildman–Crippen MR) is 68.5 cm³/mol. The predicted octanol–water partition coefficient (Wildman–Crippen LogP) is 1.52. The summed E-state index contributed by atoms with van der Waals surface area (Å²) in [4.78, 5) is 11.1. The normalized spacial score (nSPS) is 25.7. The van der Waals surface area contributed by atoms with E-state index in [-0.39, 0.29) is 12.1 Å². The Morgan fingerprint density at radius 2 is 2.29 bits per heavy atom. The van der Waals surface area contributed by atoms with Crippen molar-refractivity contribution < 1.29 is 0 Å². The average Bonchev–Trinajstić information content (AvgIpc) is 2.59. The van der Waals surface area contributed by atoms with E-state index in [2.05, 4.69) is 28.7 Å². The quantitative estimate of drug-likeness (QED) is 0.861. The Kier molecular flexibility index (Phi) is 3.74. The number of rotatable bonds is 3. The highest BCUT2D eigenvalue weighted by Crippen LogP contribution is 2.30. The van der Waals surface area contributed by atoms with Crippen molar-refractivity contribution in [2.75, 3.05) is 13.1 Å². The maximum Gasteiger partial charge on any atom is 0.125 e. The van der Waals surface area contributed by atoms with E-state index in [1.54, 1.807) is 0 Å². The highest BCUT2D eigenvalue weighted by molar-refractivity contribution is 5.12. The van der Waals surface area contributed by atoms with Gasteiger partial charge in [-0.2, -0.15) is 0 Å². The van der Waals surface area contributed by atoms with Gasteiger partial charge in [-0.05, 0) is 25.3 Å². The summed E-state index contributed by atoms with van der Waals surface area (Å²) in [6, 6.07) is 2.46. The van der Waals surface area contributed by atoms with E-state index in [1.807, 2.05) is 19.2 Å². The van der Waals surface area contributed by atoms with E-state index in [1.165, 1.54) is 0 Å². The summed E-state index contributed by atoms with van der Waals surface area (Å²) in [7, 11) is 0. The summed E-state index contributed by atoms with van der Waals surface area (Å²) >= 11 is 0. The molecule has 1 aromatic rings. The fourth-order valence-corrected chi connectivity index (χ4v) is 2.60. The number of nitrogens with two attached hydrogens (primary N) is 1. The fourth-order valence-electron chi connectivity index (χ4n) is 2.60. The molecule has 2 atom stereocenters. The van der Waals surface area contributed by atoms with Gasteiger partial charge < -0.3 is 5.73 Å². The number of hydrogen-bond donors (Lipinski definition) is 1. The first-order valence-corrected chi connectivity index (χ1v) is 6.37. The molecule has 17 heavy (non-hydrogen) atoms. The van der Waals surface area contributed by atoms with Gasteiger partial charge in [-0.3, -0.25) is 4.90 Å². The molecule has 0 aliphatic carbocycles. The minimum absolute atomic E-state index is 0.197. The zero-order valence-corrected chi connectivity index (χ0v) is 10.9. The number of nitrogens with zero attached hydrogens (tertiary/aromatic N) is 3. The first kappa shape index (κ1) is 12.5. The summed E-state index contributed by atoms with van der Waals surface area (Å²) in [5, 5.41) is 0. The van der Waals surface area contributed by atoms with Crippen molar-refractivity contribution in [1.29, 1.82) is 0 Å². The Labute approximate surface area is 103 Å². The fraction of sp³-hybridized carbons (Fsp3) is 0.692. The summed E-state index contributed by atoms with van der Waals surface area (Å²) in [5.41, 5.74) is 7.30. The summed E-state index contributed by atoms with van der Waals surface area (Å²) in [5.74, 6) is 1.48. The van der Waals surface area contributed by atoms with Crippen LogP contribution in [0.3, 0.4) is 0 Å². The molecule has 0 radical (unpaired) electrons. The lowest BCUT2D eigenvalue weighted by Gasteiger charge is -2.27. The molecule has 2 heterocycles. The second-order valence-electron chi connectivity index (χ2n) is 5.31. The van der Waals surface area contributed by atoms with Crippen LogP contribution in [-0.2, 0) is 0 Å². The summed E-state index contributed by atoms with van der Waals surface area (Å²) < 4.78 is 0. The Morgan fingerprint density at radius 3 is 2.94 bits per heavy atom. The molecule has 0 amide bonds. The van der Waals surface area contributed by atoms with Gasteiger partial charge in [0.15, 0.2) is 0 Å². The molecular formula is C13H22N4. The monoisotopic (exact) mass is 234 g/mol. The average molecular weight is 234 g/mol. The molecule has 0 bridgehead atoms. The third-order valence-corrected chi connectivity index (χ3v) is 3.25. The van der Waals surface area contributed by atoms with Crippen LogP contribution in [0.2, 0.25) is 0 Å². The Bertz CT molecular complexity index is 377. The van der Waals surface area contributed by atoms with Gasteiger partial charge in [-0.25, -0.2) is 9.97 Å². The minimum Gasteiger partial charge on any atom is -0.326 e. The van der Waals surface area contributed by atoms with Crippen LogP contribution >= 0.6 is 0 Å². The zero-order chi connectivity index (χ0) is 12.4. The lowest BCUT2D eigenvalue weighted by molar-refractivity contribution is 0.217. The van der Waals surface area contributed by atoms with Crippen molar-refractivity contribution >= 4 is 0 Å². The summed E-state index contributed by atoms with van der Waals surface area (Å²) in [6.07, 6.45) is 2.89. The largest absolute Gasteiger partial charge is 0.326 e. The number of aryl methyl sites for hydroxylation is 1. The number of aromatic nitrogens is 2. The van der Waals surface area contributed by atoms with Gasteiger partial charge in [-0.1, -0.05) is 13.8 Å². The lowest BCUT2D eigenvalue weighted by Crippen LogP contribution is -2.34. The first-order valence-electron chi connectivity index (χ1n) is 6.37. The van der Waals surface area contributed by atoms with Crippen LogP contribution in [0.5, 0.6) is 0 Å². The molecule has 0 spiro atoms. The van der Waals surface area contributed by atoms with Gasteiger partial charge >= 0.3 is 0 Å². The molecule has 1 aliphatic rings. The van der Waals surface area contributed by atoms with Crippen molar-refractivity contribution in [1.82, 2.24) is 14.9 Å². The van der Waals surface area contributed by atoms with Crippen molar-refractivity contribution in [2.45, 2.75) is 39.3 Å². The molecule has 0 aromatic carbocycles. The second kappa shape index (κ2) is 5.10. The van der Waals surface area contributed by atoms with Gasteiger partial charge in [0.05, 0.1) is 11.7 Å². The van der Waals surface area contributed by atoms with Crippen molar-refractivity contribution in [3.05, 3.63) is 23.8 Å². The molecule has 4 heteroatoms. The van der Waals surface area contributed by atoms with Crippen molar-refractivity contribution in [3.63, 3.8) is 0 Å². The van der Waals surface area contributed by atoms with E-state index >= 15 is 0 Å². The number of hydrogen-bond acceptors (Lipinski definition) is 4. The van der Waals surface area contributed by atoms with E-state index in [9.17, 15) is 0 Å². The van der Waals surface area contributed by atoms with Crippen molar-refractivity contribution in [3.8, 4) is 0 Å². The van der Waals surface area contributed by atoms with Crippen LogP contribution in [0.1, 0.15) is 37.8 Å². The third kappa shape index (κ3) is 2.82. The molecular weight excluding hydrogens is 212 g/mol. The SMILES string of the molecule is Cc1nccc(C2C(N)CCN2CC(C)C)n1. The van der Waals surface area contributed by atoms with Crippen LogP contribution in [0.4, 0.5) is 0 Å². The zero-order valence-electron chi connectivity index (χ0n) is 10.9. The number of likely N-dealkylation sites (tertiary alicyclic amines) is 1. The highest BCUT2D eigenvalue weighted by atomic mass is 15.2. The van der Waals surface area contributed by atoms with Crippen LogP contribution in [-0.4, -0.2) is 34.0 Å². The Balaban J connectivity index is 2.21. The smallest absolute Gasteiger partial charge is 0.125 e. The molecule has 0 saturated carbocycles. The van der Waals surface area contributed by atoms with Gasteiger partial charge in [0, 0.05) is 25.3 Å². The Hall–Kier alpha value is -1.00. The van der Waals surface area contributed by atoms with Gasteiger partial charge in [0.2, 0.25) is 0 Å². The molecule has 4 nitrogen and oxygen atoms in total. The van der Waals surface area contributed by atoms with E-state index in [4.69, 9.17) is 5.73 Å². The van der Waals surface area contributed by atoms with Gasteiger partial charge in [0.1, 0.15) is 5.82 Å². The standard InChI is InChI=1S/C13H22N4/c1-9(2)8-17-7-5-11(14)13(17)12-4-6-15-10(3)16-12/h4,6,9,11,13H,5,7-8,14H2,1-3H3. The molecule has 1 saturated heterocycles. The lowest BCUT2D eigenvalue weighted by atomic mass is 10.1. The maximum absolute atomic E-state index is 6.23. The van der Waals surface area contributed by atoms with Crippen LogP contribution in [0.15, 0.2) is 12.3 Å². The second-order valence-corrected chi connectivity index (χ2v) is 5.31. The molecule has 1 aromatic heterocycles. The molecule has 1 aliphatic heterocycles. The molecule has 2 unspecified atom stereocenters. The van der Waals surface area contributed by atoms with Crippen LogP contribution in [0, 0.1) is 12.8 Å². The van der Waals surface area contributed by atoms with E-state index in [0.717, 1.165) is 31.0 Å². The van der Waals surface area contributed by atoms with Gasteiger partial charge in [-0.15, -0.1) is 0 Å². The van der Waals surface area contributed by atoms with Crippen LogP contribution < -0.4 is 5.73 Å². The third-order valence-electron chi connectivity index (χ3n) is 3.25. The minimum atomic E-state index is 0.197. The van der Waals surface area contributed by atoms with E-state index < -0.39 is 0 Å². The Morgan fingerprint density at radius 1 is 1.53 bits per heavy atom. The molecule has 2 N–H and O–H groups in total. The topological polar surface area (TPSA) is 55.0 Å². The molecule has 1 fully saturated rings. The van der Waals surface area contributed by atoms with Crippen molar-refractivity contribution in [2.24, 2.45) is 11.7 Å². The first-order chi connectivity index (χ1) is 8.08. The molecule has 94 valence electrons. The van der Waals surface area contributed by atoms with Crippen LogP contribution in [0.25, 0.3) is 0 Å². The highest BCUT2D eigenvalue weighted by Gasteiger charge is 2.33.